The number of likely N-dealkylation sites (N-methyl/N-ethyl adjacent to an activating group) is 1. The lowest BCUT2D eigenvalue weighted by atomic mass is 10.2. The van der Waals surface area contributed by atoms with Gasteiger partial charge in [0.15, 0.2) is 0 Å². The molecule has 2 rings (SSSR count). The SMILES string of the molecule is CCN(CCO)C(=O)c1cccc(S(=O)(=O)Nc2ccc(C)cc2)c1. The average Bonchev–Trinajstić information content (AvgIpc) is 2.61. The smallest absolute Gasteiger partial charge is 0.261 e. The predicted octanol–water partition coefficient (Wildman–Crippen LogP) is 2.25. The number of aliphatic hydroxyl groups is 1. The van der Waals surface area contributed by atoms with E-state index in [9.17, 15) is 13.2 Å². The third-order valence-electron chi connectivity index (χ3n) is 3.73. The lowest BCUT2D eigenvalue weighted by Crippen LogP contribution is -2.33. The maximum atomic E-state index is 12.6. The van der Waals surface area contributed by atoms with E-state index in [-0.39, 0.29) is 29.5 Å². The molecule has 0 aromatic heterocycles. The number of rotatable bonds is 7. The Balaban J connectivity index is 2.27. The van der Waals surface area contributed by atoms with Crippen molar-refractivity contribution in [2.24, 2.45) is 0 Å². The molecule has 2 N–H and O–H groups in total. The molecule has 134 valence electrons. The van der Waals surface area contributed by atoms with Crippen molar-refractivity contribution < 1.29 is 18.3 Å². The first-order valence-electron chi connectivity index (χ1n) is 7.97. The van der Waals surface area contributed by atoms with Gasteiger partial charge in [0.2, 0.25) is 0 Å². The molecule has 0 aliphatic heterocycles. The largest absolute Gasteiger partial charge is 0.395 e. The highest BCUT2D eigenvalue weighted by molar-refractivity contribution is 7.92. The lowest BCUT2D eigenvalue weighted by molar-refractivity contribution is 0.0731. The van der Waals surface area contributed by atoms with Crippen LogP contribution in [-0.2, 0) is 10.0 Å². The molecule has 2 aromatic rings. The minimum Gasteiger partial charge on any atom is -0.395 e. The van der Waals surface area contributed by atoms with Crippen LogP contribution in [0.2, 0.25) is 0 Å². The molecule has 6 nitrogen and oxygen atoms in total. The molecule has 0 aliphatic carbocycles. The molecule has 0 radical (unpaired) electrons. The maximum Gasteiger partial charge on any atom is 0.261 e. The monoisotopic (exact) mass is 362 g/mol. The third kappa shape index (κ3) is 4.80. The van der Waals surface area contributed by atoms with Crippen LogP contribution in [0.3, 0.4) is 0 Å². The summed E-state index contributed by atoms with van der Waals surface area (Å²) in [5.41, 5.74) is 1.75. The number of anilines is 1. The summed E-state index contributed by atoms with van der Waals surface area (Å²) in [5.74, 6) is -0.316. The summed E-state index contributed by atoms with van der Waals surface area (Å²) in [7, 11) is -3.80. The molecule has 0 unspecified atom stereocenters. The Morgan fingerprint density at radius 2 is 1.84 bits per heavy atom. The van der Waals surface area contributed by atoms with Gasteiger partial charge in [-0.15, -0.1) is 0 Å². The van der Waals surface area contributed by atoms with Gasteiger partial charge >= 0.3 is 0 Å². The molecule has 1 amide bonds. The maximum absolute atomic E-state index is 12.6. The van der Waals surface area contributed by atoms with E-state index in [0.717, 1.165) is 5.56 Å². The van der Waals surface area contributed by atoms with Crippen molar-refractivity contribution >= 4 is 21.6 Å². The van der Waals surface area contributed by atoms with Gasteiger partial charge in [0.1, 0.15) is 0 Å². The second kappa shape index (κ2) is 8.13. The van der Waals surface area contributed by atoms with Crippen molar-refractivity contribution in [3.63, 3.8) is 0 Å². The van der Waals surface area contributed by atoms with Crippen LogP contribution in [0.25, 0.3) is 0 Å². The van der Waals surface area contributed by atoms with Gasteiger partial charge in [-0.2, -0.15) is 0 Å². The Morgan fingerprint density at radius 1 is 1.16 bits per heavy atom. The van der Waals surface area contributed by atoms with E-state index in [1.165, 1.54) is 23.1 Å². The zero-order valence-electron chi connectivity index (χ0n) is 14.3. The van der Waals surface area contributed by atoms with Gasteiger partial charge in [-0.05, 0) is 44.2 Å². The highest BCUT2D eigenvalue weighted by Crippen LogP contribution is 2.18. The second-order valence-electron chi connectivity index (χ2n) is 5.61. The molecule has 0 spiro atoms. The molecule has 0 fully saturated rings. The Hall–Kier alpha value is -2.38. The summed E-state index contributed by atoms with van der Waals surface area (Å²) >= 11 is 0. The van der Waals surface area contributed by atoms with Gasteiger partial charge in [0.25, 0.3) is 15.9 Å². The normalized spacial score (nSPS) is 11.2. The molecule has 7 heteroatoms. The van der Waals surface area contributed by atoms with Gasteiger partial charge in [0, 0.05) is 24.3 Å². The number of aryl methyl sites for hydroxylation is 1. The minimum atomic E-state index is -3.80. The van der Waals surface area contributed by atoms with Gasteiger partial charge in [0.05, 0.1) is 11.5 Å². The van der Waals surface area contributed by atoms with Crippen LogP contribution >= 0.6 is 0 Å². The van der Waals surface area contributed by atoms with Crippen LogP contribution in [0.5, 0.6) is 0 Å². The summed E-state index contributed by atoms with van der Waals surface area (Å²) in [6, 6.07) is 12.9. The number of nitrogens with one attached hydrogen (secondary N) is 1. The van der Waals surface area contributed by atoms with E-state index in [1.54, 1.807) is 25.1 Å². The quantitative estimate of drug-likeness (QED) is 0.791. The highest BCUT2D eigenvalue weighted by atomic mass is 32.2. The van der Waals surface area contributed by atoms with Crippen LogP contribution in [0.1, 0.15) is 22.8 Å². The van der Waals surface area contributed by atoms with Gasteiger partial charge in [-0.25, -0.2) is 8.42 Å². The fourth-order valence-corrected chi connectivity index (χ4v) is 3.44. The minimum absolute atomic E-state index is 0.0129. The molecule has 0 bridgehead atoms. The van der Waals surface area contributed by atoms with Gasteiger partial charge in [-0.3, -0.25) is 9.52 Å². The first-order chi connectivity index (χ1) is 11.9. The van der Waals surface area contributed by atoms with Gasteiger partial charge < -0.3 is 10.0 Å². The van der Waals surface area contributed by atoms with E-state index in [1.807, 2.05) is 19.1 Å². The molecule has 0 aliphatic rings. The molecule has 0 saturated carbocycles. The molecule has 0 heterocycles. The number of carbonyl (C=O) groups is 1. The van der Waals surface area contributed by atoms with E-state index in [4.69, 9.17) is 5.11 Å². The summed E-state index contributed by atoms with van der Waals surface area (Å²) in [6.07, 6.45) is 0. The number of benzene rings is 2. The average molecular weight is 362 g/mol. The standard InChI is InChI=1S/C18H22N2O4S/c1-3-20(11-12-21)18(22)15-5-4-6-17(13-15)25(23,24)19-16-9-7-14(2)8-10-16/h4-10,13,19,21H,3,11-12H2,1-2H3. The molecular formula is C18H22N2O4S. The number of hydrogen-bond donors (Lipinski definition) is 2. The van der Waals surface area contributed by atoms with E-state index >= 15 is 0 Å². The topological polar surface area (TPSA) is 86.7 Å². The second-order valence-corrected chi connectivity index (χ2v) is 7.29. The van der Waals surface area contributed by atoms with Crippen molar-refractivity contribution in [1.82, 2.24) is 4.90 Å². The fourth-order valence-electron chi connectivity index (χ4n) is 2.34. The molecular weight excluding hydrogens is 340 g/mol. The van der Waals surface area contributed by atoms with Crippen LogP contribution in [-0.4, -0.2) is 44.0 Å². The third-order valence-corrected chi connectivity index (χ3v) is 5.11. The molecule has 0 atom stereocenters. The number of nitrogens with zero attached hydrogens (tertiary/aromatic N) is 1. The zero-order chi connectivity index (χ0) is 18.4. The van der Waals surface area contributed by atoms with Crippen LogP contribution in [0.15, 0.2) is 53.4 Å². The Kier molecular flexibility index (Phi) is 6.17. The number of carbonyl (C=O) groups excluding carboxylic acids is 1. The summed E-state index contributed by atoms with van der Waals surface area (Å²) in [4.78, 5) is 13.9. The highest BCUT2D eigenvalue weighted by Gasteiger charge is 2.19. The number of amides is 1. The first-order valence-corrected chi connectivity index (χ1v) is 9.45. The van der Waals surface area contributed by atoms with E-state index < -0.39 is 10.0 Å². The Labute approximate surface area is 148 Å². The van der Waals surface area contributed by atoms with Crippen LogP contribution < -0.4 is 4.72 Å². The van der Waals surface area contributed by atoms with Crippen molar-refractivity contribution in [2.45, 2.75) is 18.7 Å². The molecule has 25 heavy (non-hydrogen) atoms. The van der Waals surface area contributed by atoms with Crippen molar-refractivity contribution in [2.75, 3.05) is 24.4 Å². The summed E-state index contributed by atoms with van der Waals surface area (Å²) < 4.78 is 27.6. The van der Waals surface area contributed by atoms with E-state index in [0.29, 0.717) is 12.2 Å². The summed E-state index contributed by atoms with van der Waals surface area (Å²) in [5, 5.41) is 9.03. The predicted molar refractivity (Wildman–Crippen MR) is 97.1 cm³/mol. The lowest BCUT2D eigenvalue weighted by Gasteiger charge is -2.20. The fraction of sp³-hybridized carbons (Fsp3) is 0.278. The first kappa shape index (κ1) is 19.0. The summed E-state index contributed by atoms with van der Waals surface area (Å²) in [6.45, 7) is 4.20. The van der Waals surface area contributed by atoms with Crippen molar-refractivity contribution in [1.29, 1.82) is 0 Å². The molecule has 2 aromatic carbocycles. The van der Waals surface area contributed by atoms with Crippen LogP contribution in [0, 0.1) is 6.92 Å². The molecule has 0 saturated heterocycles. The van der Waals surface area contributed by atoms with Crippen LogP contribution in [0.4, 0.5) is 5.69 Å². The Morgan fingerprint density at radius 3 is 2.44 bits per heavy atom. The number of aliphatic hydroxyl groups excluding tert-OH is 1. The number of sulfonamides is 1. The number of hydrogen-bond acceptors (Lipinski definition) is 4. The van der Waals surface area contributed by atoms with Crippen molar-refractivity contribution in [3.05, 3.63) is 59.7 Å². The van der Waals surface area contributed by atoms with E-state index in [2.05, 4.69) is 4.72 Å². The van der Waals surface area contributed by atoms with Crippen molar-refractivity contribution in [3.8, 4) is 0 Å². The van der Waals surface area contributed by atoms with Gasteiger partial charge in [-0.1, -0.05) is 23.8 Å². The zero-order valence-corrected chi connectivity index (χ0v) is 15.1. The Bertz CT molecular complexity index is 832.